The number of halogens is 1. The van der Waals surface area contributed by atoms with Gasteiger partial charge in [0.05, 0.1) is 20.0 Å². The molecular weight excluding hydrogens is 319 g/mol. The Hall–Kier alpha value is -2.82. The third kappa shape index (κ3) is 4.83. The Labute approximate surface area is 146 Å². The van der Waals surface area contributed by atoms with E-state index < -0.39 is 0 Å². The van der Waals surface area contributed by atoms with Crippen molar-refractivity contribution in [3.8, 4) is 11.5 Å². The third-order valence-corrected chi connectivity index (χ3v) is 4.02. The average molecular weight is 340 g/mol. The number of rotatable bonds is 8. The van der Waals surface area contributed by atoms with Gasteiger partial charge in [-0.05, 0) is 42.7 Å². The normalized spacial score (nSPS) is 11.9. The van der Waals surface area contributed by atoms with E-state index in [-0.39, 0.29) is 17.7 Å². The lowest BCUT2D eigenvalue weighted by Crippen LogP contribution is -2.24. The van der Waals surface area contributed by atoms with E-state index in [2.05, 4.69) is 4.98 Å². The molecular formula is C20H21FN2O2. The number of ether oxygens (including phenoxy) is 2. The van der Waals surface area contributed by atoms with Crippen LogP contribution in [-0.4, -0.2) is 22.8 Å². The molecule has 1 atom stereocenters. The zero-order chi connectivity index (χ0) is 17.5. The van der Waals surface area contributed by atoms with E-state index in [4.69, 9.17) is 9.47 Å². The number of methoxy groups -OCH3 is 1. The molecule has 0 amide bonds. The lowest BCUT2D eigenvalue weighted by molar-refractivity contribution is 0.163. The quantitative estimate of drug-likeness (QED) is 0.619. The number of aromatic nitrogens is 2. The van der Waals surface area contributed by atoms with Crippen LogP contribution in [0.2, 0.25) is 0 Å². The van der Waals surface area contributed by atoms with Gasteiger partial charge in [0.2, 0.25) is 0 Å². The van der Waals surface area contributed by atoms with Crippen LogP contribution >= 0.6 is 0 Å². The number of hydrogen-bond donors (Lipinski definition) is 0. The summed E-state index contributed by atoms with van der Waals surface area (Å²) in [5.41, 5.74) is 1.19. The van der Waals surface area contributed by atoms with Gasteiger partial charge in [-0.2, -0.15) is 0 Å². The van der Waals surface area contributed by atoms with E-state index in [1.54, 1.807) is 37.8 Å². The molecule has 1 aromatic heterocycles. The Morgan fingerprint density at radius 2 is 1.92 bits per heavy atom. The summed E-state index contributed by atoms with van der Waals surface area (Å²) in [7, 11) is 1.65. The molecule has 0 bridgehead atoms. The minimum atomic E-state index is -0.345. The predicted octanol–water partition coefficient (Wildman–Crippen LogP) is 4.11. The summed E-state index contributed by atoms with van der Waals surface area (Å²) < 4.78 is 27.0. The molecule has 0 radical (unpaired) electrons. The second kappa shape index (κ2) is 8.33. The Bertz CT molecular complexity index is 773. The van der Waals surface area contributed by atoms with Crippen molar-refractivity contribution in [2.75, 3.05) is 7.11 Å². The topological polar surface area (TPSA) is 36.3 Å². The van der Waals surface area contributed by atoms with Gasteiger partial charge in [0.15, 0.2) is 11.6 Å². The molecule has 0 N–H and O–H groups in total. The molecule has 0 spiro atoms. The first kappa shape index (κ1) is 17.0. The van der Waals surface area contributed by atoms with Gasteiger partial charge in [-0.3, -0.25) is 0 Å². The SMILES string of the molecule is COc1ccc(CCC(Cn2ccnc2)Oc2ccccc2F)cc1. The zero-order valence-corrected chi connectivity index (χ0v) is 14.1. The molecule has 0 aliphatic carbocycles. The number of benzene rings is 2. The van der Waals surface area contributed by atoms with Gasteiger partial charge < -0.3 is 14.0 Å². The van der Waals surface area contributed by atoms with Crippen LogP contribution in [0.25, 0.3) is 0 Å². The van der Waals surface area contributed by atoms with Crippen molar-refractivity contribution in [2.45, 2.75) is 25.5 Å². The van der Waals surface area contributed by atoms with E-state index in [1.807, 2.05) is 35.0 Å². The Kier molecular flexibility index (Phi) is 5.67. The summed E-state index contributed by atoms with van der Waals surface area (Å²) in [6, 6.07) is 14.5. The number of nitrogens with zero attached hydrogens (tertiary/aromatic N) is 2. The molecule has 3 rings (SSSR count). The van der Waals surface area contributed by atoms with Gasteiger partial charge >= 0.3 is 0 Å². The third-order valence-electron chi connectivity index (χ3n) is 4.02. The van der Waals surface area contributed by atoms with Crippen LogP contribution in [0.4, 0.5) is 4.39 Å². The molecule has 0 saturated heterocycles. The number of para-hydroxylation sites is 1. The van der Waals surface area contributed by atoms with E-state index >= 15 is 0 Å². The largest absolute Gasteiger partial charge is 0.497 e. The van der Waals surface area contributed by atoms with Gasteiger partial charge in [-0.25, -0.2) is 9.37 Å². The molecule has 0 aliphatic rings. The number of aryl methyl sites for hydroxylation is 1. The van der Waals surface area contributed by atoms with Gasteiger partial charge in [0.1, 0.15) is 11.9 Å². The summed E-state index contributed by atoms with van der Waals surface area (Å²) in [6.45, 7) is 0.616. The highest BCUT2D eigenvalue weighted by molar-refractivity contribution is 5.27. The van der Waals surface area contributed by atoms with Gasteiger partial charge in [0, 0.05) is 12.4 Å². The molecule has 0 aliphatic heterocycles. The second-order valence-corrected chi connectivity index (χ2v) is 5.82. The number of imidazole rings is 1. The molecule has 25 heavy (non-hydrogen) atoms. The van der Waals surface area contributed by atoms with Crippen molar-refractivity contribution in [3.63, 3.8) is 0 Å². The standard InChI is InChI=1S/C20H21FN2O2/c1-24-17-9-6-16(7-10-17)8-11-18(14-23-13-12-22-15-23)25-20-5-3-2-4-19(20)21/h2-7,9-10,12-13,15,18H,8,11,14H2,1H3. The molecule has 0 saturated carbocycles. The maximum atomic E-state index is 13.9. The van der Waals surface area contributed by atoms with Crippen LogP contribution in [0.3, 0.4) is 0 Å². The first-order valence-electron chi connectivity index (χ1n) is 8.24. The Morgan fingerprint density at radius 3 is 2.60 bits per heavy atom. The highest BCUT2D eigenvalue weighted by atomic mass is 19.1. The fourth-order valence-electron chi connectivity index (χ4n) is 2.66. The Balaban J connectivity index is 1.68. The van der Waals surface area contributed by atoms with Crippen molar-refractivity contribution in [1.29, 1.82) is 0 Å². The van der Waals surface area contributed by atoms with Crippen molar-refractivity contribution >= 4 is 0 Å². The highest BCUT2D eigenvalue weighted by Gasteiger charge is 2.14. The fourth-order valence-corrected chi connectivity index (χ4v) is 2.66. The minimum Gasteiger partial charge on any atom is -0.497 e. The van der Waals surface area contributed by atoms with Crippen molar-refractivity contribution in [2.24, 2.45) is 0 Å². The first-order valence-corrected chi connectivity index (χ1v) is 8.24. The number of hydrogen-bond acceptors (Lipinski definition) is 3. The lowest BCUT2D eigenvalue weighted by Gasteiger charge is -2.20. The van der Waals surface area contributed by atoms with Crippen molar-refractivity contribution < 1.29 is 13.9 Å². The first-order chi connectivity index (χ1) is 12.2. The second-order valence-electron chi connectivity index (χ2n) is 5.82. The van der Waals surface area contributed by atoms with E-state index in [1.165, 1.54) is 11.6 Å². The maximum absolute atomic E-state index is 13.9. The highest BCUT2D eigenvalue weighted by Crippen LogP contribution is 2.20. The van der Waals surface area contributed by atoms with Crippen LogP contribution < -0.4 is 9.47 Å². The van der Waals surface area contributed by atoms with E-state index in [0.29, 0.717) is 6.54 Å². The summed E-state index contributed by atoms with van der Waals surface area (Å²) in [5, 5.41) is 0. The van der Waals surface area contributed by atoms with Gasteiger partial charge in [-0.1, -0.05) is 24.3 Å². The van der Waals surface area contributed by atoms with E-state index in [9.17, 15) is 4.39 Å². The van der Waals surface area contributed by atoms with Crippen LogP contribution in [-0.2, 0) is 13.0 Å². The smallest absolute Gasteiger partial charge is 0.165 e. The molecule has 2 aromatic carbocycles. The molecule has 130 valence electrons. The lowest BCUT2D eigenvalue weighted by atomic mass is 10.1. The summed E-state index contributed by atoms with van der Waals surface area (Å²) >= 11 is 0. The summed E-state index contributed by atoms with van der Waals surface area (Å²) in [6.07, 6.45) is 6.78. The van der Waals surface area contributed by atoms with Crippen LogP contribution in [0.5, 0.6) is 11.5 Å². The van der Waals surface area contributed by atoms with Crippen LogP contribution in [0.1, 0.15) is 12.0 Å². The van der Waals surface area contributed by atoms with Crippen LogP contribution in [0, 0.1) is 5.82 Å². The fraction of sp³-hybridized carbons (Fsp3) is 0.250. The van der Waals surface area contributed by atoms with Crippen molar-refractivity contribution in [3.05, 3.63) is 78.6 Å². The predicted molar refractivity (Wildman–Crippen MR) is 94.4 cm³/mol. The van der Waals surface area contributed by atoms with E-state index in [0.717, 1.165) is 18.6 Å². The molecule has 1 heterocycles. The van der Waals surface area contributed by atoms with Crippen LogP contribution in [0.15, 0.2) is 67.3 Å². The van der Waals surface area contributed by atoms with Gasteiger partial charge in [0.25, 0.3) is 0 Å². The van der Waals surface area contributed by atoms with Crippen molar-refractivity contribution in [1.82, 2.24) is 9.55 Å². The van der Waals surface area contributed by atoms with Gasteiger partial charge in [-0.15, -0.1) is 0 Å². The Morgan fingerprint density at radius 1 is 1.12 bits per heavy atom. The summed E-state index contributed by atoms with van der Waals surface area (Å²) in [5.74, 6) is 0.770. The molecule has 1 unspecified atom stereocenters. The molecule has 4 nitrogen and oxygen atoms in total. The molecule has 5 heteroatoms. The monoisotopic (exact) mass is 340 g/mol. The zero-order valence-electron chi connectivity index (χ0n) is 14.1. The molecule has 0 fully saturated rings. The maximum Gasteiger partial charge on any atom is 0.165 e. The molecule has 3 aromatic rings. The minimum absolute atomic E-state index is 0.159. The summed E-state index contributed by atoms with van der Waals surface area (Å²) in [4.78, 5) is 4.06. The average Bonchev–Trinajstić information content (AvgIpc) is 3.15.